The molecule has 0 bridgehead atoms. The summed E-state index contributed by atoms with van der Waals surface area (Å²) in [6, 6.07) is 5.93. The average Bonchev–Trinajstić information content (AvgIpc) is 2.45. The SMILES string of the molecule is CCCNc1nc(Oc2cccc(Cl)c2F)c(Cl)cc1Cl. The van der Waals surface area contributed by atoms with Crippen molar-refractivity contribution in [3.8, 4) is 11.6 Å². The van der Waals surface area contributed by atoms with Gasteiger partial charge in [-0.2, -0.15) is 4.98 Å². The number of aromatic nitrogens is 1. The fraction of sp³-hybridized carbons (Fsp3) is 0.214. The van der Waals surface area contributed by atoms with Crippen molar-refractivity contribution in [1.82, 2.24) is 4.98 Å². The molecule has 0 fully saturated rings. The molecule has 0 aliphatic rings. The Balaban J connectivity index is 2.33. The summed E-state index contributed by atoms with van der Waals surface area (Å²) >= 11 is 17.8. The van der Waals surface area contributed by atoms with Crippen molar-refractivity contribution in [3.63, 3.8) is 0 Å². The fourth-order valence-corrected chi connectivity index (χ4v) is 2.19. The van der Waals surface area contributed by atoms with E-state index in [9.17, 15) is 4.39 Å². The van der Waals surface area contributed by atoms with Crippen LogP contribution in [0, 0.1) is 5.82 Å². The van der Waals surface area contributed by atoms with Crippen LogP contribution in [0.2, 0.25) is 15.1 Å². The summed E-state index contributed by atoms with van der Waals surface area (Å²) in [6.07, 6.45) is 0.903. The molecule has 0 unspecified atom stereocenters. The van der Waals surface area contributed by atoms with Gasteiger partial charge in [0.05, 0.1) is 10.0 Å². The lowest BCUT2D eigenvalue weighted by Crippen LogP contribution is -2.04. The first-order chi connectivity index (χ1) is 10.0. The zero-order valence-electron chi connectivity index (χ0n) is 11.1. The van der Waals surface area contributed by atoms with E-state index in [1.807, 2.05) is 6.92 Å². The van der Waals surface area contributed by atoms with Crippen LogP contribution < -0.4 is 10.1 Å². The summed E-state index contributed by atoms with van der Waals surface area (Å²) in [5.41, 5.74) is 0. The van der Waals surface area contributed by atoms with Gasteiger partial charge in [0, 0.05) is 6.54 Å². The standard InChI is InChI=1S/C14H12Cl3FN2O/c1-2-6-19-13-9(16)7-10(17)14(20-13)21-11-5-3-4-8(15)12(11)18/h3-5,7H,2,6H2,1H3,(H,19,20). The molecular formula is C14H12Cl3FN2O. The second kappa shape index (κ2) is 7.16. The molecule has 0 amide bonds. The number of halogens is 4. The van der Waals surface area contributed by atoms with E-state index in [0.29, 0.717) is 17.4 Å². The molecule has 0 aliphatic carbocycles. The molecule has 1 aromatic carbocycles. The molecule has 0 atom stereocenters. The normalized spacial score (nSPS) is 10.5. The first kappa shape index (κ1) is 16.1. The number of anilines is 1. The Kier molecular flexibility index (Phi) is 5.51. The zero-order chi connectivity index (χ0) is 15.4. The first-order valence-electron chi connectivity index (χ1n) is 6.24. The van der Waals surface area contributed by atoms with Gasteiger partial charge >= 0.3 is 0 Å². The van der Waals surface area contributed by atoms with E-state index in [2.05, 4.69) is 10.3 Å². The number of rotatable bonds is 5. The van der Waals surface area contributed by atoms with Gasteiger partial charge in [0.15, 0.2) is 11.6 Å². The molecule has 7 heteroatoms. The molecule has 1 aromatic heterocycles. The molecule has 0 saturated heterocycles. The van der Waals surface area contributed by atoms with Gasteiger partial charge in [-0.15, -0.1) is 0 Å². The number of pyridine rings is 1. The Morgan fingerprint density at radius 2 is 1.95 bits per heavy atom. The number of nitrogens with zero attached hydrogens (tertiary/aromatic N) is 1. The summed E-state index contributed by atoms with van der Waals surface area (Å²) in [7, 11) is 0. The molecule has 0 saturated carbocycles. The Morgan fingerprint density at radius 1 is 1.19 bits per heavy atom. The van der Waals surface area contributed by atoms with Crippen LogP contribution in [0.3, 0.4) is 0 Å². The largest absolute Gasteiger partial charge is 0.434 e. The van der Waals surface area contributed by atoms with Crippen molar-refractivity contribution in [2.24, 2.45) is 0 Å². The van der Waals surface area contributed by atoms with Crippen molar-refractivity contribution in [1.29, 1.82) is 0 Å². The van der Waals surface area contributed by atoms with Gasteiger partial charge in [0.2, 0.25) is 5.88 Å². The zero-order valence-corrected chi connectivity index (χ0v) is 13.4. The quantitative estimate of drug-likeness (QED) is 0.741. The number of hydrogen-bond acceptors (Lipinski definition) is 3. The summed E-state index contributed by atoms with van der Waals surface area (Å²) in [5.74, 6) is -0.239. The predicted molar refractivity (Wildman–Crippen MR) is 84.5 cm³/mol. The number of nitrogens with one attached hydrogen (secondary N) is 1. The molecule has 2 rings (SSSR count). The van der Waals surface area contributed by atoms with Crippen LogP contribution in [0.15, 0.2) is 24.3 Å². The highest BCUT2D eigenvalue weighted by molar-refractivity contribution is 6.36. The maximum absolute atomic E-state index is 13.8. The van der Waals surface area contributed by atoms with Crippen LogP contribution in [0.4, 0.5) is 10.2 Å². The lowest BCUT2D eigenvalue weighted by Gasteiger charge is -2.12. The van der Waals surface area contributed by atoms with Crippen molar-refractivity contribution < 1.29 is 9.13 Å². The summed E-state index contributed by atoms with van der Waals surface area (Å²) in [6.45, 7) is 2.70. The van der Waals surface area contributed by atoms with Gasteiger partial charge in [-0.3, -0.25) is 0 Å². The minimum absolute atomic E-state index is 0.0399. The third-order valence-electron chi connectivity index (χ3n) is 2.56. The van der Waals surface area contributed by atoms with Crippen molar-refractivity contribution >= 4 is 40.6 Å². The van der Waals surface area contributed by atoms with E-state index in [1.165, 1.54) is 18.2 Å². The van der Waals surface area contributed by atoms with Crippen LogP contribution in [0.1, 0.15) is 13.3 Å². The monoisotopic (exact) mass is 348 g/mol. The van der Waals surface area contributed by atoms with E-state index >= 15 is 0 Å². The molecule has 0 aliphatic heterocycles. The van der Waals surface area contributed by atoms with Crippen LogP contribution in [-0.2, 0) is 0 Å². The van der Waals surface area contributed by atoms with Gasteiger partial charge in [-0.05, 0) is 24.6 Å². The van der Waals surface area contributed by atoms with E-state index in [1.54, 1.807) is 6.07 Å². The third kappa shape index (κ3) is 3.90. The molecule has 3 nitrogen and oxygen atoms in total. The highest BCUT2D eigenvalue weighted by atomic mass is 35.5. The van der Waals surface area contributed by atoms with Crippen molar-refractivity contribution in [2.75, 3.05) is 11.9 Å². The van der Waals surface area contributed by atoms with E-state index in [0.717, 1.165) is 6.42 Å². The van der Waals surface area contributed by atoms with E-state index < -0.39 is 5.82 Å². The molecular weight excluding hydrogens is 338 g/mol. The maximum atomic E-state index is 13.8. The number of benzene rings is 1. The fourth-order valence-electron chi connectivity index (χ4n) is 1.56. The summed E-state index contributed by atoms with van der Waals surface area (Å²) in [4.78, 5) is 4.17. The van der Waals surface area contributed by atoms with E-state index in [4.69, 9.17) is 39.5 Å². The smallest absolute Gasteiger partial charge is 0.240 e. The minimum atomic E-state index is -0.671. The molecule has 21 heavy (non-hydrogen) atoms. The van der Waals surface area contributed by atoms with Crippen LogP contribution in [0.5, 0.6) is 11.6 Å². The van der Waals surface area contributed by atoms with Gasteiger partial charge in [0.25, 0.3) is 0 Å². The molecule has 0 radical (unpaired) electrons. The van der Waals surface area contributed by atoms with Gasteiger partial charge in [-0.1, -0.05) is 47.8 Å². The highest BCUT2D eigenvalue weighted by Crippen LogP contribution is 2.35. The lowest BCUT2D eigenvalue weighted by atomic mass is 10.3. The van der Waals surface area contributed by atoms with Gasteiger partial charge < -0.3 is 10.1 Å². The van der Waals surface area contributed by atoms with Gasteiger partial charge in [0.1, 0.15) is 10.8 Å². The van der Waals surface area contributed by atoms with Crippen LogP contribution in [0.25, 0.3) is 0 Å². The third-order valence-corrected chi connectivity index (χ3v) is 3.41. The molecule has 1 N–H and O–H groups in total. The Hall–Kier alpha value is -1.23. The highest BCUT2D eigenvalue weighted by Gasteiger charge is 2.14. The van der Waals surface area contributed by atoms with Crippen molar-refractivity contribution in [3.05, 3.63) is 45.2 Å². The molecule has 2 aromatic rings. The molecule has 112 valence electrons. The molecule has 0 spiro atoms. The second-order valence-electron chi connectivity index (χ2n) is 4.19. The van der Waals surface area contributed by atoms with Gasteiger partial charge in [-0.25, -0.2) is 4.39 Å². The Morgan fingerprint density at radius 3 is 2.67 bits per heavy atom. The van der Waals surface area contributed by atoms with Crippen LogP contribution in [-0.4, -0.2) is 11.5 Å². The Labute approximate surface area is 137 Å². The summed E-state index contributed by atoms with van der Waals surface area (Å²) in [5, 5.41) is 3.55. The first-order valence-corrected chi connectivity index (χ1v) is 7.38. The minimum Gasteiger partial charge on any atom is -0.434 e. The van der Waals surface area contributed by atoms with Crippen LogP contribution >= 0.6 is 34.8 Å². The second-order valence-corrected chi connectivity index (χ2v) is 5.41. The maximum Gasteiger partial charge on any atom is 0.240 e. The summed E-state index contributed by atoms with van der Waals surface area (Å²) < 4.78 is 19.2. The Bertz CT molecular complexity index is 652. The average molecular weight is 350 g/mol. The topological polar surface area (TPSA) is 34.2 Å². The molecule has 1 heterocycles. The van der Waals surface area contributed by atoms with Crippen molar-refractivity contribution in [2.45, 2.75) is 13.3 Å². The van der Waals surface area contributed by atoms with E-state index in [-0.39, 0.29) is 21.7 Å². The lowest BCUT2D eigenvalue weighted by molar-refractivity contribution is 0.428. The number of hydrogen-bond donors (Lipinski definition) is 1. The number of ether oxygens (including phenoxy) is 1. The predicted octanol–water partition coefficient (Wildman–Crippen LogP) is 5.80.